The summed E-state index contributed by atoms with van der Waals surface area (Å²) in [7, 11) is 0. The fraction of sp³-hybridized carbons (Fsp3) is 0.817. The van der Waals surface area contributed by atoms with E-state index in [1.165, 1.54) is 167 Å². The second kappa shape index (κ2) is 55.0. The van der Waals surface area contributed by atoms with E-state index in [1.807, 2.05) is 0 Å². The van der Waals surface area contributed by atoms with Gasteiger partial charge in [0, 0.05) is 19.3 Å². The van der Waals surface area contributed by atoms with E-state index in [-0.39, 0.29) is 31.1 Å². The molecule has 6 nitrogen and oxygen atoms in total. The summed E-state index contributed by atoms with van der Waals surface area (Å²) in [5.41, 5.74) is 0. The van der Waals surface area contributed by atoms with Gasteiger partial charge in [0.25, 0.3) is 0 Å². The quantitative estimate of drug-likeness (QED) is 0.0262. The molecule has 0 aromatic carbocycles. The first kappa shape index (κ1) is 63.4. The Labute approximate surface area is 409 Å². The fourth-order valence-corrected chi connectivity index (χ4v) is 8.21. The number of hydrogen-bond acceptors (Lipinski definition) is 6. The smallest absolute Gasteiger partial charge is 0.306 e. The maximum absolute atomic E-state index is 12.8. The van der Waals surface area contributed by atoms with E-state index >= 15 is 0 Å². The molecule has 0 amide bonds. The minimum Gasteiger partial charge on any atom is -0.462 e. The third-order valence-electron chi connectivity index (χ3n) is 12.6. The molecule has 0 aromatic rings. The lowest BCUT2D eigenvalue weighted by Gasteiger charge is -2.18. The second-order valence-electron chi connectivity index (χ2n) is 19.2. The minimum atomic E-state index is -0.776. The molecule has 0 aliphatic carbocycles. The van der Waals surface area contributed by atoms with Gasteiger partial charge in [0.15, 0.2) is 6.10 Å². The summed E-state index contributed by atoms with van der Waals surface area (Å²) in [5, 5.41) is 0. The standard InChI is InChI=1S/C60H108O6/c1-4-7-10-13-16-18-20-22-24-26-27-28-29-30-31-32-33-34-36-37-39-41-44-47-50-53-59(62)65-56-57(55-64-58(61)52-49-46-43-15-12-9-6-3)66-60(63)54-51-48-45-42-40-38-35-25-23-21-19-17-14-11-8-5-2/h19-22,25-27,35,57H,4-18,23-24,28-34,36-56H2,1-3H3/b21-19-,22-20-,27-26-,35-25-. The molecule has 1 unspecified atom stereocenters. The number of unbranched alkanes of at least 4 members (excludes halogenated alkanes) is 33. The van der Waals surface area contributed by atoms with Crippen LogP contribution in [0, 0.1) is 0 Å². The summed E-state index contributed by atoms with van der Waals surface area (Å²) in [5.74, 6) is -0.888. The van der Waals surface area contributed by atoms with Crippen LogP contribution in [-0.2, 0) is 28.6 Å². The molecule has 0 spiro atoms. The van der Waals surface area contributed by atoms with Gasteiger partial charge in [0.1, 0.15) is 13.2 Å². The monoisotopic (exact) mass is 925 g/mol. The maximum atomic E-state index is 12.8. The van der Waals surface area contributed by atoms with Crippen molar-refractivity contribution in [3.8, 4) is 0 Å². The van der Waals surface area contributed by atoms with Crippen LogP contribution in [0.15, 0.2) is 48.6 Å². The van der Waals surface area contributed by atoms with Gasteiger partial charge >= 0.3 is 17.9 Å². The molecule has 0 saturated carbocycles. The Bertz CT molecular complexity index is 1150. The molecule has 384 valence electrons. The highest BCUT2D eigenvalue weighted by molar-refractivity contribution is 5.71. The van der Waals surface area contributed by atoms with Crippen LogP contribution in [0.25, 0.3) is 0 Å². The van der Waals surface area contributed by atoms with Crippen LogP contribution in [0.2, 0.25) is 0 Å². The number of ether oxygens (including phenoxy) is 3. The lowest BCUT2D eigenvalue weighted by Crippen LogP contribution is -2.30. The highest BCUT2D eigenvalue weighted by atomic mass is 16.6. The topological polar surface area (TPSA) is 78.9 Å². The van der Waals surface area contributed by atoms with E-state index in [4.69, 9.17) is 14.2 Å². The van der Waals surface area contributed by atoms with Crippen molar-refractivity contribution in [2.24, 2.45) is 0 Å². The van der Waals surface area contributed by atoms with Gasteiger partial charge in [-0.25, -0.2) is 0 Å². The molecule has 0 aliphatic rings. The maximum Gasteiger partial charge on any atom is 0.306 e. The summed E-state index contributed by atoms with van der Waals surface area (Å²) < 4.78 is 16.8. The van der Waals surface area contributed by atoms with Crippen molar-refractivity contribution < 1.29 is 28.6 Å². The van der Waals surface area contributed by atoms with Crippen molar-refractivity contribution in [3.63, 3.8) is 0 Å². The van der Waals surface area contributed by atoms with Crippen molar-refractivity contribution in [2.45, 2.75) is 303 Å². The van der Waals surface area contributed by atoms with Gasteiger partial charge in [0.2, 0.25) is 0 Å². The Morgan fingerprint density at radius 2 is 0.545 bits per heavy atom. The van der Waals surface area contributed by atoms with Crippen LogP contribution in [0.4, 0.5) is 0 Å². The predicted octanol–water partition coefficient (Wildman–Crippen LogP) is 19.0. The number of carbonyl (C=O) groups is 3. The Balaban J connectivity index is 4.15. The number of carbonyl (C=O) groups excluding carboxylic acids is 3. The molecule has 1 atom stereocenters. The molecule has 0 heterocycles. The van der Waals surface area contributed by atoms with Crippen LogP contribution in [0.5, 0.6) is 0 Å². The lowest BCUT2D eigenvalue weighted by molar-refractivity contribution is -0.167. The van der Waals surface area contributed by atoms with E-state index in [1.54, 1.807) is 0 Å². The molecule has 0 radical (unpaired) electrons. The zero-order valence-corrected chi connectivity index (χ0v) is 44.0. The van der Waals surface area contributed by atoms with E-state index in [0.717, 1.165) is 89.9 Å². The van der Waals surface area contributed by atoms with Crippen LogP contribution in [0.3, 0.4) is 0 Å². The normalized spacial score (nSPS) is 12.3. The largest absolute Gasteiger partial charge is 0.462 e. The van der Waals surface area contributed by atoms with Gasteiger partial charge in [-0.15, -0.1) is 0 Å². The lowest BCUT2D eigenvalue weighted by atomic mass is 10.0. The first-order chi connectivity index (χ1) is 32.5. The highest BCUT2D eigenvalue weighted by Crippen LogP contribution is 2.16. The molecule has 0 aliphatic heterocycles. The van der Waals surface area contributed by atoms with Gasteiger partial charge in [-0.2, -0.15) is 0 Å². The van der Waals surface area contributed by atoms with Crippen molar-refractivity contribution in [3.05, 3.63) is 48.6 Å². The summed E-state index contributed by atoms with van der Waals surface area (Å²) in [6.07, 6.45) is 67.0. The summed E-state index contributed by atoms with van der Waals surface area (Å²) >= 11 is 0. The molecule has 0 aromatic heterocycles. The molecule has 66 heavy (non-hydrogen) atoms. The van der Waals surface area contributed by atoms with E-state index < -0.39 is 6.10 Å². The summed E-state index contributed by atoms with van der Waals surface area (Å²) in [6.45, 7) is 6.58. The van der Waals surface area contributed by atoms with Crippen molar-refractivity contribution in [1.29, 1.82) is 0 Å². The van der Waals surface area contributed by atoms with Gasteiger partial charge in [-0.3, -0.25) is 14.4 Å². The van der Waals surface area contributed by atoms with Crippen molar-refractivity contribution in [2.75, 3.05) is 13.2 Å². The molecule has 0 bridgehead atoms. The van der Waals surface area contributed by atoms with E-state index in [2.05, 4.69) is 69.4 Å². The number of allylic oxidation sites excluding steroid dienone is 8. The molecule has 6 heteroatoms. The van der Waals surface area contributed by atoms with Crippen LogP contribution >= 0.6 is 0 Å². The van der Waals surface area contributed by atoms with Gasteiger partial charge < -0.3 is 14.2 Å². The molecule has 0 rings (SSSR count). The molecule has 0 N–H and O–H groups in total. The Morgan fingerprint density at radius 1 is 0.303 bits per heavy atom. The third kappa shape index (κ3) is 52.3. The van der Waals surface area contributed by atoms with Gasteiger partial charge in [-0.05, 0) is 83.5 Å². The van der Waals surface area contributed by atoms with Crippen LogP contribution in [0.1, 0.15) is 297 Å². The van der Waals surface area contributed by atoms with Crippen LogP contribution in [-0.4, -0.2) is 37.2 Å². The minimum absolute atomic E-state index is 0.0770. The Hall–Kier alpha value is -2.63. The van der Waals surface area contributed by atoms with E-state index in [9.17, 15) is 14.4 Å². The first-order valence-electron chi connectivity index (χ1n) is 28.6. The number of esters is 3. The van der Waals surface area contributed by atoms with E-state index in [0.29, 0.717) is 19.3 Å². The van der Waals surface area contributed by atoms with Crippen LogP contribution < -0.4 is 0 Å². The second-order valence-corrected chi connectivity index (χ2v) is 19.2. The SMILES string of the molecule is CCCCCC/C=C\C/C=C\CCCCCCCC(=O)OC(COC(=O)CCCCCCCCC)COC(=O)CCCCCCCCCCCCCCC/C=C\C/C=C\CCCCCCC. The Kier molecular flexibility index (Phi) is 52.8. The molecular formula is C60H108O6. The average Bonchev–Trinajstić information content (AvgIpc) is 3.31. The number of rotatable bonds is 52. The van der Waals surface area contributed by atoms with Crippen molar-refractivity contribution in [1.82, 2.24) is 0 Å². The summed E-state index contributed by atoms with van der Waals surface area (Å²) in [4.78, 5) is 37.9. The number of hydrogen-bond donors (Lipinski definition) is 0. The van der Waals surface area contributed by atoms with Gasteiger partial charge in [-0.1, -0.05) is 243 Å². The molecular weight excluding hydrogens is 817 g/mol. The highest BCUT2D eigenvalue weighted by Gasteiger charge is 2.19. The molecule has 0 saturated heterocycles. The molecule has 0 fully saturated rings. The average molecular weight is 926 g/mol. The first-order valence-corrected chi connectivity index (χ1v) is 28.6. The fourth-order valence-electron chi connectivity index (χ4n) is 8.21. The zero-order valence-electron chi connectivity index (χ0n) is 44.0. The van der Waals surface area contributed by atoms with Gasteiger partial charge in [0.05, 0.1) is 0 Å². The van der Waals surface area contributed by atoms with Crippen molar-refractivity contribution >= 4 is 17.9 Å². The Morgan fingerprint density at radius 3 is 0.848 bits per heavy atom. The predicted molar refractivity (Wildman–Crippen MR) is 284 cm³/mol. The third-order valence-corrected chi connectivity index (χ3v) is 12.6. The summed E-state index contributed by atoms with van der Waals surface area (Å²) in [6, 6.07) is 0. The zero-order chi connectivity index (χ0) is 47.9.